The van der Waals surface area contributed by atoms with Crippen molar-refractivity contribution in [1.82, 2.24) is 10.7 Å². The second-order valence-corrected chi connectivity index (χ2v) is 8.16. The number of rotatable bonds is 11. The molecule has 3 aromatic carbocycles. The Morgan fingerprint density at radius 3 is 2.49 bits per heavy atom. The summed E-state index contributed by atoms with van der Waals surface area (Å²) in [6.45, 7) is 2.93. The average molecular weight is 514 g/mol. The minimum atomic E-state index is -0.349. The van der Waals surface area contributed by atoms with E-state index in [2.05, 4.69) is 15.8 Å². The molecule has 2 amide bonds. The van der Waals surface area contributed by atoms with Crippen LogP contribution < -0.4 is 20.2 Å². The topological polar surface area (TPSA) is 89.0 Å². The van der Waals surface area contributed by atoms with Crippen molar-refractivity contribution in [3.8, 4) is 11.5 Å². The van der Waals surface area contributed by atoms with Crippen LogP contribution in [0.15, 0.2) is 71.8 Å². The van der Waals surface area contributed by atoms with E-state index in [1.165, 1.54) is 12.3 Å². The summed E-state index contributed by atoms with van der Waals surface area (Å²) in [6, 6.07) is 19.8. The molecular weight excluding hydrogens is 489 g/mol. The van der Waals surface area contributed by atoms with Gasteiger partial charge in [0, 0.05) is 18.5 Å². The summed E-state index contributed by atoms with van der Waals surface area (Å²) < 4.78 is 11.6. The number of carbonyl (C=O) groups is 2. The first kappa shape index (κ1) is 26.1. The van der Waals surface area contributed by atoms with Crippen LogP contribution in [0.3, 0.4) is 0 Å². The molecule has 0 atom stereocenters. The highest BCUT2D eigenvalue weighted by atomic mass is 35.5. The van der Waals surface area contributed by atoms with Crippen LogP contribution in [0.2, 0.25) is 10.0 Å². The van der Waals surface area contributed by atoms with E-state index in [4.69, 9.17) is 32.7 Å². The Labute approximate surface area is 214 Å². The number of benzene rings is 3. The number of amides is 2. The SMILES string of the molecule is CCOc1cc(C=NNC(=O)CCNC(=O)c2ccc(Cl)c(Cl)c2)ccc1OCc1ccccc1. The van der Waals surface area contributed by atoms with Crippen LogP contribution in [0.1, 0.15) is 34.8 Å². The fourth-order valence-electron chi connectivity index (χ4n) is 2.99. The maximum Gasteiger partial charge on any atom is 0.251 e. The predicted molar refractivity (Wildman–Crippen MR) is 138 cm³/mol. The second kappa shape index (κ2) is 13.4. The molecule has 0 heterocycles. The molecule has 0 spiro atoms. The van der Waals surface area contributed by atoms with E-state index >= 15 is 0 Å². The van der Waals surface area contributed by atoms with Crippen LogP contribution in [-0.4, -0.2) is 31.2 Å². The van der Waals surface area contributed by atoms with Crippen molar-refractivity contribution in [1.29, 1.82) is 0 Å². The number of hydrazone groups is 1. The quantitative estimate of drug-likeness (QED) is 0.271. The first-order valence-electron chi connectivity index (χ1n) is 10.9. The molecule has 0 aliphatic heterocycles. The molecule has 3 rings (SSSR count). The minimum Gasteiger partial charge on any atom is -0.490 e. The third kappa shape index (κ3) is 8.31. The number of hydrogen-bond donors (Lipinski definition) is 2. The fourth-order valence-corrected chi connectivity index (χ4v) is 3.29. The smallest absolute Gasteiger partial charge is 0.251 e. The fraction of sp³-hybridized carbons (Fsp3) is 0.192. The summed E-state index contributed by atoms with van der Waals surface area (Å²) in [4.78, 5) is 24.2. The van der Waals surface area contributed by atoms with Gasteiger partial charge in [-0.3, -0.25) is 9.59 Å². The Bertz CT molecular complexity index is 1190. The third-order valence-corrected chi connectivity index (χ3v) is 5.47. The Hall–Kier alpha value is -3.55. The number of carbonyl (C=O) groups excluding carboxylic acids is 2. The van der Waals surface area contributed by atoms with Crippen LogP contribution in [-0.2, 0) is 11.4 Å². The van der Waals surface area contributed by atoms with Gasteiger partial charge in [-0.1, -0.05) is 53.5 Å². The van der Waals surface area contributed by atoms with Crippen LogP contribution in [0, 0.1) is 0 Å². The van der Waals surface area contributed by atoms with Crippen LogP contribution >= 0.6 is 23.2 Å². The molecule has 0 aromatic heterocycles. The predicted octanol–water partition coefficient (Wildman–Crippen LogP) is 5.24. The lowest BCUT2D eigenvalue weighted by atomic mass is 10.2. The van der Waals surface area contributed by atoms with Gasteiger partial charge in [0.2, 0.25) is 5.91 Å². The zero-order valence-electron chi connectivity index (χ0n) is 19.1. The minimum absolute atomic E-state index is 0.0564. The summed E-state index contributed by atoms with van der Waals surface area (Å²) in [5.74, 6) is 0.514. The maximum atomic E-state index is 12.1. The molecule has 2 N–H and O–H groups in total. The van der Waals surface area contributed by atoms with E-state index in [1.807, 2.05) is 43.3 Å². The van der Waals surface area contributed by atoms with Gasteiger partial charge in [-0.15, -0.1) is 0 Å². The average Bonchev–Trinajstić information content (AvgIpc) is 2.86. The Morgan fingerprint density at radius 2 is 1.74 bits per heavy atom. The van der Waals surface area contributed by atoms with Crippen molar-refractivity contribution in [2.24, 2.45) is 5.10 Å². The normalized spacial score (nSPS) is 10.7. The lowest BCUT2D eigenvalue weighted by Crippen LogP contribution is -2.29. The molecule has 0 saturated carbocycles. The van der Waals surface area contributed by atoms with E-state index in [0.29, 0.717) is 35.3 Å². The Balaban J connectivity index is 1.47. The van der Waals surface area contributed by atoms with Crippen LogP contribution in [0.5, 0.6) is 11.5 Å². The van der Waals surface area contributed by atoms with Gasteiger partial charge in [-0.05, 0) is 54.4 Å². The van der Waals surface area contributed by atoms with E-state index in [9.17, 15) is 9.59 Å². The van der Waals surface area contributed by atoms with Gasteiger partial charge >= 0.3 is 0 Å². The number of nitrogens with one attached hydrogen (secondary N) is 2. The molecule has 7 nitrogen and oxygen atoms in total. The molecule has 3 aromatic rings. The number of ether oxygens (including phenoxy) is 2. The Morgan fingerprint density at radius 1 is 0.943 bits per heavy atom. The standard InChI is InChI=1S/C26H25Cl2N3O4/c1-2-34-24-14-19(8-11-23(24)35-17-18-6-4-3-5-7-18)16-30-31-25(32)12-13-29-26(33)20-9-10-21(27)22(28)15-20/h3-11,14-16H,2,12-13,17H2,1H3,(H,29,33)(H,31,32). The highest BCUT2D eigenvalue weighted by molar-refractivity contribution is 6.42. The molecule has 0 bridgehead atoms. The second-order valence-electron chi connectivity index (χ2n) is 7.34. The van der Waals surface area contributed by atoms with Crippen molar-refractivity contribution in [2.45, 2.75) is 20.0 Å². The van der Waals surface area contributed by atoms with E-state index in [1.54, 1.807) is 24.3 Å². The molecule has 0 aliphatic rings. The molecule has 0 radical (unpaired) electrons. The molecule has 0 aliphatic carbocycles. The van der Waals surface area contributed by atoms with Crippen molar-refractivity contribution >= 4 is 41.2 Å². The molecule has 0 unspecified atom stereocenters. The van der Waals surface area contributed by atoms with Crippen molar-refractivity contribution < 1.29 is 19.1 Å². The zero-order chi connectivity index (χ0) is 25.0. The van der Waals surface area contributed by atoms with Gasteiger partial charge in [0.05, 0.1) is 22.9 Å². The summed E-state index contributed by atoms with van der Waals surface area (Å²) in [5.41, 5.74) is 4.59. The molecule has 0 saturated heterocycles. The van der Waals surface area contributed by atoms with Gasteiger partial charge < -0.3 is 14.8 Å². The largest absolute Gasteiger partial charge is 0.490 e. The number of hydrogen-bond acceptors (Lipinski definition) is 5. The van der Waals surface area contributed by atoms with Gasteiger partial charge in [-0.25, -0.2) is 5.43 Å². The molecule has 0 fully saturated rings. The van der Waals surface area contributed by atoms with E-state index in [0.717, 1.165) is 11.1 Å². The summed E-state index contributed by atoms with van der Waals surface area (Å²) >= 11 is 11.8. The highest BCUT2D eigenvalue weighted by Gasteiger charge is 2.09. The lowest BCUT2D eigenvalue weighted by Gasteiger charge is -2.12. The van der Waals surface area contributed by atoms with Gasteiger partial charge in [0.15, 0.2) is 11.5 Å². The zero-order valence-corrected chi connectivity index (χ0v) is 20.6. The molecular formula is C26H25Cl2N3O4. The van der Waals surface area contributed by atoms with Crippen molar-refractivity contribution in [2.75, 3.05) is 13.2 Å². The summed E-state index contributed by atoms with van der Waals surface area (Å²) in [5, 5.41) is 7.28. The molecule has 9 heteroatoms. The molecule has 35 heavy (non-hydrogen) atoms. The van der Waals surface area contributed by atoms with E-state index < -0.39 is 0 Å². The molecule has 182 valence electrons. The van der Waals surface area contributed by atoms with Gasteiger partial charge in [0.25, 0.3) is 5.91 Å². The number of halogens is 2. The van der Waals surface area contributed by atoms with Crippen molar-refractivity contribution in [3.05, 3.63) is 93.5 Å². The highest BCUT2D eigenvalue weighted by Crippen LogP contribution is 2.29. The van der Waals surface area contributed by atoms with Crippen molar-refractivity contribution in [3.63, 3.8) is 0 Å². The number of nitrogens with zero attached hydrogens (tertiary/aromatic N) is 1. The first-order chi connectivity index (χ1) is 17.0. The van der Waals surface area contributed by atoms with Crippen LogP contribution in [0.25, 0.3) is 0 Å². The Kier molecular flexibility index (Phi) is 9.95. The summed E-state index contributed by atoms with van der Waals surface area (Å²) in [7, 11) is 0. The summed E-state index contributed by atoms with van der Waals surface area (Å²) in [6.07, 6.45) is 1.57. The van der Waals surface area contributed by atoms with E-state index in [-0.39, 0.29) is 29.8 Å². The van der Waals surface area contributed by atoms with Gasteiger partial charge in [0.1, 0.15) is 6.61 Å². The first-order valence-corrected chi connectivity index (χ1v) is 11.7. The van der Waals surface area contributed by atoms with Crippen LogP contribution in [0.4, 0.5) is 0 Å². The monoisotopic (exact) mass is 513 g/mol. The third-order valence-electron chi connectivity index (χ3n) is 4.73. The lowest BCUT2D eigenvalue weighted by molar-refractivity contribution is -0.120. The van der Waals surface area contributed by atoms with Gasteiger partial charge in [-0.2, -0.15) is 5.10 Å². The maximum absolute atomic E-state index is 12.1.